The summed E-state index contributed by atoms with van der Waals surface area (Å²) in [5.74, 6) is -1.12. The molecule has 1 fully saturated rings. The number of fused-ring (bicyclic) bond motifs is 1. The monoisotopic (exact) mass is 465 g/mol. The first-order valence-electron chi connectivity index (χ1n) is 11.0. The summed E-state index contributed by atoms with van der Waals surface area (Å²) in [6, 6.07) is 8.35. The number of barbiturate groups is 1. The van der Waals surface area contributed by atoms with E-state index in [1.165, 1.54) is 6.08 Å². The number of imide groups is 2. The molecule has 172 valence electrons. The maximum atomic E-state index is 13.3. The molecule has 2 aromatic rings. The van der Waals surface area contributed by atoms with Gasteiger partial charge in [-0.3, -0.25) is 14.9 Å². The molecule has 0 aliphatic carbocycles. The summed E-state index contributed by atoms with van der Waals surface area (Å²) in [5.41, 5.74) is 4.97. The number of hydrogen-bond acceptors (Lipinski definition) is 4. The lowest BCUT2D eigenvalue weighted by Crippen LogP contribution is -2.54. The van der Waals surface area contributed by atoms with E-state index in [-0.39, 0.29) is 17.0 Å². The number of nitrogens with one attached hydrogen (secondary N) is 1. The van der Waals surface area contributed by atoms with Gasteiger partial charge in [0.2, 0.25) is 0 Å². The molecule has 1 N–H and O–H groups in total. The Kier molecular flexibility index (Phi) is 5.61. The Morgan fingerprint density at radius 1 is 1.09 bits per heavy atom. The van der Waals surface area contributed by atoms with Crippen LogP contribution in [-0.4, -0.2) is 30.4 Å². The van der Waals surface area contributed by atoms with Gasteiger partial charge in [0.15, 0.2) is 0 Å². The third-order valence-corrected chi connectivity index (χ3v) is 7.23. The number of carbonyl (C=O) groups excluding carboxylic acids is 3. The van der Waals surface area contributed by atoms with Gasteiger partial charge in [0, 0.05) is 23.3 Å². The minimum absolute atomic E-state index is 0.0119. The van der Waals surface area contributed by atoms with Gasteiger partial charge >= 0.3 is 6.03 Å². The molecule has 33 heavy (non-hydrogen) atoms. The Bertz CT molecular complexity index is 1230. The average molecular weight is 466 g/mol. The van der Waals surface area contributed by atoms with E-state index in [0.717, 1.165) is 33.7 Å². The first-order valence-corrected chi connectivity index (χ1v) is 11.3. The van der Waals surface area contributed by atoms with Gasteiger partial charge in [0.05, 0.1) is 5.69 Å². The molecule has 7 heteroatoms. The number of hydrogen-bond donors (Lipinski definition) is 1. The largest absolute Gasteiger partial charge is 0.369 e. The molecule has 6 nitrogen and oxygen atoms in total. The fourth-order valence-electron chi connectivity index (χ4n) is 4.63. The number of amides is 4. The summed E-state index contributed by atoms with van der Waals surface area (Å²) in [6.07, 6.45) is 2.44. The zero-order chi connectivity index (χ0) is 24.2. The Balaban J connectivity index is 1.77. The zero-order valence-electron chi connectivity index (χ0n) is 19.7. The van der Waals surface area contributed by atoms with Crippen molar-refractivity contribution in [1.82, 2.24) is 5.32 Å². The van der Waals surface area contributed by atoms with Crippen LogP contribution in [-0.2, 0) is 9.59 Å². The number of halogens is 1. The van der Waals surface area contributed by atoms with Crippen LogP contribution in [0.25, 0.3) is 6.08 Å². The molecular weight excluding hydrogens is 438 g/mol. The summed E-state index contributed by atoms with van der Waals surface area (Å²) in [5, 5.41) is 2.72. The Morgan fingerprint density at radius 3 is 2.45 bits per heavy atom. The molecule has 0 bridgehead atoms. The number of rotatable bonds is 2. The minimum Gasteiger partial charge on any atom is -0.369 e. The van der Waals surface area contributed by atoms with Gasteiger partial charge in [-0.2, -0.15) is 0 Å². The second-order valence-electron chi connectivity index (χ2n) is 9.64. The van der Waals surface area contributed by atoms with E-state index < -0.39 is 17.8 Å². The van der Waals surface area contributed by atoms with Gasteiger partial charge in [-0.1, -0.05) is 24.6 Å². The van der Waals surface area contributed by atoms with Crippen LogP contribution in [0.1, 0.15) is 55.4 Å². The molecule has 0 aromatic heterocycles. The highest BCUT2D eigenvalue weighted by molar-refractivity contribution is 6.40. The Morgan fingerprint density at radius 2 is 1.79 bits per heavy atom. The van der Waals surface area contributed by atoms with Gasteiger partial charge in [-0.05, 0) is 92.6 Å². The van der Waals surface area contributed by atoms with Crippen molar-refractivity contribution in [3.63, 3.8) is 0 Å². The third kappa shape index (κ3) is 3.93. The standard InChI is InChI=1S/C26H28ClN3O3/c1-14-7-8-18(9-15(14)2)30-24(32)20(23(31)28-25(30)33)11-17-10-19-16(3)13-26(4,5)29(6)22(19)12-21(17)27/h7-12,16H,13H2,1-6H3,(H,28,31,33)/b20-11+/t16-/m0/s1. The highest BCUT2D eigenvalue weighted by Crippen LogP contribution is 2.44. The van der Waals surface area contributed by atoms with Gasteiger partial charge < -0.3 is 4.90 Å². The summed E-state index contributed by atoms with van der Waals surface area (Å²) in [7, 11) is 2.05. The SMILES string of the molecule is Cc1ccc(N2C(=O)NC(=O)/C(=C\c3cc4c(cc3Cl)N(C)C(C)(C)C[C@@H]4C)C2=O)cc1C. The van der Waals surface area contributed by atoms with Crippen LogP contribution in [0.5, 0.6) is 0 Å². The third-order valence-electron chi connectivity index (χ3n) is 6.90. The fraction of sp³-hybridized carbons (Fsp3) is 0.346. The lowest BCUT2D eigenvalue weighted by Gasteiger charge is -2.45. The molecule has 0 spiro atoms. The van der Waals surface area contributed by atoms with Crippen molar-refractivity contribution < 1.29 is 14.4 Å². The van der Waals surface area contributed by atoms with E-state index >= 15 is 0 Å². The molecule has 4 rings (SSSR count). The molecule has 0 unspecified atom stereocenters. The van der Waals surface area contributed by atoms with E-state index in [9.17, 15) is 14.4 Å². The van der Waals surface area contributed by atoms with Crippen molar-refractivity contribution >= 4 is 46.9 Å². The summed E-state index contributed by atoms with van der Waals surface area (Å²) in [6.45, 7) is 10.4. The van der Waals surface area contributed by atoms with Crippen LogP contribution in [0.4, 0.5) is 16.2 Å². The van der Waals surface area contributed by atoms with E-state index in [0.29, 0.717) is 16.3 Å². The topological polar surface area (TPSA) is 69.7 Å². The van der Waals surface area contributed by atoms with Crippen molar-refractivity contribution in [1.29, 1.82) is 0 Å². The van der Waals surface area contributed by atoms with Crippen molar-refractivity contribution in [2.45, 2.75) is 52.5 Å². The maximum absolute atomic E-state index is 13.3. The molecule has 2 aromatic carbocycles. The van der Waals surface area contributed by atoms with E-state index in [4.69, 9.17) is 11.6 Å². The zero-order valence-corrected chi connectivity index (χ0v) is 20.5. The van der Waals surface area contributed by atoms with Gasteiger partial charge in [0.25, 0.3) is 11.8 Å². The van der Waals surface area contributed by atoms with Crippen molar-refractivity contribution in [2.75, 3.05) is 16.8 Å². The number of urea groups is 1. The average Bonchev–Trinajstić information content (AvgIpc) is 2.72. The number of benzene rings is 2. The van der Waals surface area contributed by atoms with Crippen molar-refractivity contribution in [2.24, 2.45) is 0 Å². The highest BCUT2D eigenvalue weighted by Gasteiger charge is 2.38. The van der Waals surface area contributed by atoms with E-state index in [2.05, 4.69) is 31.0 Å². The lowest BCUT2D eigenvalue weighted by atomic mass is 9.80. The smallest absolute Gasteiger partial charge is 0.335 e. The number of nitrogens with zero attached hydrogens (tertiary/aromatic N) is 2. The highest BCUT2D eigenvalue weighted by atomic mass is 35.5. The molecule has 2 aliphatic heterocycles. The summed E-state index contributed by atoms with van der Waals surface area (Å²) in [4.78, 5) is 41.6. The molecule has 2 heterocycles. The van der Waals surface area contributed by atoms with Crippen LogP contribution < -0.4 is 15.1 Å². The van der Waals surface area contributed by atoms with Crippen LogP contribution in [0.15, 0.2) is 35.9 Å². The van der Waals surface area contributed by atoms with Crippen LogP contribution >= 0.6 is 11.6 Å². The van der Waals surface area contributed by atoms with Gasteiger partial charge in [0.1, 0.15) is 5.57 Å². The first kappa shape index (κ1) is 23.1. The first-order chi connectivity index (χ1) is 15.4. The molecule has 1 saturated heterocycles. The molecule has 0 radical (unpaired) electrons. The van der Waals surface area contributed by atoms with Crippen molar-refractivity contribution in [3.05, 3.63) is 63.2 Å². The summed E-state index contributed by atoms with van der Waals surface area (Å²) >= 11 is 6.61. The van der Waals surface area contributed by atoms with Crippen molar-refractivity contribution in [3.8, 4) is 0 Å². The number of aryl methyl sites for hydroxylation is 2. The van der Waals surface area contributed by atoms with Crippen LogP contribution in [0.2, 0.25) is 5.02 Å². The van der Waals surface area contributed by atoms with Crippen LogP contribution in [0.3, 0.4) is 0 Å². The molecule has 4 amide bonds. The number of anilines is 2. The lowest BCUT2D eigenvalue weighted by molar-refractivity contribution is -0.122. The van der Waals surface area contributed by atoms with Crippen LogP contribution in [0, 0.1) is 13.8 Å². The molecular formula is C26H28ClN3O3. The second kappa shape index (κ2) is 8.03. The Hall–Kier alpha value is -3.12. The van der Waals surface area contributed by atoms with E-state index in [1.54, 1.807) is 12.1 Å². The predicted octanol–water partition coefficient (Wildman–Crippen LogP) is 5.35. The molecule has 1 atom stereocenters. The van der Waals surface area contributed by atoms with E-state index in [1.807, 2.05) is 39.1 Å². The number of carbonyl (C=O) groups is 3. The maximum Gasteiger partial charge on any atom is 0.335 e. The quantitative estimate of drug-likeness (QED) is 0.479. The van der Waals surface area contributed by atoms with Gasteiger partial charge in [-0.15, -0.1) is 0 Å². The molecule has 0 saturated carbocycles. The Labute approximate surface area is 199 Å². The normalized spacial score (nSPS) is 21.4. The molecule has 2 aliphatic rings. The minimum atomic E-state index is -0.764. The second-order valence-corrected chi connectivity index (χ2v) is 10.0. The van der Waals surface area contributed by atoms with Gasteiger partial charge in [-0.25, -0.2) is 9.69 Å². The summed E-state index contributed by atoms with van der Waals surface area (Å²) < 4.78 is 0. The predicted molar refractivity (Wildman–Crippen MR) is 132 cm³/mol. The fourth-order valence-corrected chi connectivity index (χ4v) is 4.84.